The molecule has 1 unspecified atom stereocenters. The van der Waals surface area contributed by atoms with Crippen molar-refractivity contribution in [2.75, 3.05) is 19.8 Å². The Kier molecular flexibility index (Phi) is 4.62. The zero-order valence-corrected chi connectivity index (χ0v) is 8.09. The molecule has 2 heteroatoms. The van der Waals surface area contributed by atoms with Crippen molar-refractivity contribution < 1.29 is 4.74 Å². The second kappa shape index (κ2) is 5.55. The largest absolute Gasteiger partial charge is 0.381 e. The maximum atomic E-state index is 5.61. The Bertz CT molecular complexity index is 112. The molecule has 1 fully saturated rings. The number of hydrogen-bond acceptors (Lipinski definition) is 2. The minimum Gasteiger partial charge on any atom is -0.381 e. The fraction of sp³-hybridized carbons (Fsp3) is 1.00. The Morgan fingerprint density at radius 2 is 2.25 bits per heavy atom. The lowest BCUT2D eigenvalue weighted by molar-refractivity contribution is 0.0905. The summed E-state index contributed by atoms with van der Waals surface area (Å²) in [5.74, 6) is 1.47. The van der Waals surface area contributed by atoms with Crippen LogP contribution in [0.3, 0.4) is 0 Å². The standard InChI is InChI=1S/C10H21NO/c1-2-3-10(6-11)8-12-7-9-4-5-9/h9-10H,2-8,11H2,1H3. The van der Waals surface area contributed by atoms with Crippen LogP contribution in [0.2, 0.25) is 0 Å². The van der Waals surface area contributed by atoms with Crippen molar-refractivity contribution in [2.24, 2.45) is 17.6 Å². The highest BCUT2D eigenvalue weighted by molar-refractivity contribution is 4.72. The third-order valence-electron chi connectivity index (χ3n) is 2.43. The summed E-state index contributed by atoms with van der Waals surface area (Å²) in [6.07, 6.45) is 5.18. The summed E-state index contributed by atoms with van der Waals surface area (Å²) in [4.78, 5) is 0. The Morgan fingerprint density at radius 1 is 1.50 bits per heavy atom. The van der Waals surface area contributed by atoms with E-state index in [9.17, 15) is 0 Å². The number of nitrogens with two attached hydrogens (primary N) is 1. The van der Waals surface area contributed by atoms with Crippen LogP contribution in [0.15, 0.2) is 0 Å². The smallest absolute Gasteiger partial charge is 0.0506 e. The Morgan fingerprint density at radius 3 is 2.75 bits per heavy atom. The molecule has 0 saturated heterocycles. The molecule has 1 rings (SSSR count). The van der Waals surface area contributed by atoms with Crippen molar-refractivity contribution in [3.05, 3.63) is 0 Å². The Labute approximate surface area is 75.5 Å². The Balaban J connectivity index is 1.93. The molecule has 0 radical (unpaired) electrons. The van der Waals surface area contributed by atoms with E-state index in [1.165, 1.54) is 25.7 Å². The van der Waals surface area contributed by atoms with Crippen molar-refractivity contribution in [3.63, 3.8) is 0 Å². The highest BCUT2D eigenvalue weighted by Crippen LogP contribution is 2.28. The lowest BCUT2D eigenvalue weighted by atomic mass is 10.1. The first kappa shape index (κ1) is 10.0. The highest BCUT2D eigenvalue weighted by atomic mass is 16.5. The summed E-state index contributed by atoms with van der Waals surface area (Å²) >= 11 is 0. The molecule has 1 aliphatic rings. The molecule has 0 aromatic heterocycles. The normalized spacial score (nSPS) is 19.5. The van der Waals surface area contributed by atoms with Crippen molar-refractivity contribution in [1.82, 2.24) is 0 Å². The topological polar surface area (TPSA) is 35.2 Å². The third kappa shape index (κ3) is 4.07. The third-order valence-corrected chi connectivity index (χ3v) is 2.43. The van der Waals surface area contributed by atoms with Gasteiger partial charge in [0, 0.05) is 6.61 Å². The minimum absolute atomic E-state index is 0.591. The van der Waals surface area contributed by atoms with Gasteiger partial charge in [-0.3, -0.25) is 0 Å². The lowest BCUT2D eigenvalue weighted by Gasteiger charge is -2.13. The van der Waals surface area contributed by atoms with E-state index in [4.69, 9.17) is 10.5 Å². The van der Waals surface area contributed by atoms with Crippen LogP contribution < -0.4 is 5.73 Å². The molecule has 0 heterocycles. The number of rotatable bonds is 7. The van der Waals surface area contributed by atoms with E-state index in [2.05, 4.69) is 6.92 Å². The number of hydrogen-bond donors (Lipinski definition) is 1. The van der Waals surface area contributed by atoms with E-state index in [-0.39, 0.29) is 0 Å². The summed E-state index contributed by atoms with van der Waals surface area (Å²) in [6.45, 7) is 4.82. The van der Waals surface area contributed by atoms with Gasteiger partial charge < -0.3 is 10.5 Å². The first-order valence-electron chi connectivity index (χ1n) is 5.14. The highest BCUT2D eigenvalue weighted by Gasteiger charge is 2.21. The van der Waals surface area contributed by atoms with Crippen molar-refractivity contribution in [3.8, 4) is 0 Å². The van der Waals surface area contributed by atoms with Gasteiger partial charge >= 0.3 is 0 Å². The van der Waals surface area contributed by atoms with Gasteiger partial charge in [-0.2, -0.15) is 0 Å². The van der Waals surface area contributed by atoms with Crippen LogP contribution in [0.25, 0.3) is 0 Å². The van der Waals surface area contributed by atoms with Crippen LogP contribution in [0.4, 0.5) is 0 Å². The molecule has 2 N–H and O–H groups in total. The van der Waals surface area contributed by atoms with Gasteiger partial charge in [-0.25, -0.2) is 0 Å². The molecule has 0 amide bonds. The van der Waals surface area contributed by atoms with E-state index < -0.39 is 0 Å². The van der Waals surface area contributed by atoms with Crippen LogP contribution >= 0.6 is 0 Å². The molecular formula is C10H21NO. The molecule has 0 aromatic rings. The van der Waals surface area contributed by atoms with Crippen molar-refractivity contribution in [1.29, 1.82) is 0 Å². The second-order valence-electron chi connectivity index (χ2n) is 3.87. The van der Waals surface area contributed by atoms with Crippen LogP contribution in [0.5, 0.6) is 0 Å². The molecule has 72 valence electrons. The summed E-state index contributed by atoms with van der Waals surface area (Å²) in [5, 5.41) is 0. The fourth-order valence-electron chi connectivity index (χ4n) is 1.36. The van der Waals surface area contributed by atoms with Gasteiger partial charge in [0.1, 0.15) is 0 Å². The van der Waals surface area contributed by atoms with E-state index in [0.29, 0.717) is 5.92 Å². The maximum absolute atomic E-state index is 5.61. The molecule has 12 heavy (non-hydrogen) atoms. The molecule has 2 nitrogen and oxygen atoms in total. The van der Waals surface area contributed by atoms with Gasteiger partial charge in [-0.1, -0.05) is 13.3 Å². The fourth-order valence-corrected chi connectivity index (χ4v) is 1.36. The molecular weight excluding hydrogens is 150 g/mol. The van der Waals surface area contributed by atoms with Crippen LogP contribution in [-0.2, 0) is 4.74 Å². The van der Waals surface area contributed by atoms with E-state index >= 15 is 0 Å². The molecule has 1 saturated carbocycles. The molecule has 0 aromatic carbocycles. The van der Waals surface area contributed by atoms with Gasteiger partial charge in [0.2, 0.25) is 0 Å². The quantitative estimate of drug-likeness (QED) is 0.634. The monoisotopic (exact) mass is 171 g/mol. The lowest BCUT2D eigenvalue weighted by Crippen LogP contribution is -2.20. The van der Waals surface area contributed by atoms with Crippen LogP contribution in [0.1, 0.15) is 32.6 Å². The predicted octanol–water partition coefficient (Wildman–Crippen LogP) is 1.79. The zero-order chi connectivity index (χ0) is 8.81. The molecule has 0 bridgehead atoms. The average Bonchev–Trinajstić information content (AvgIpc) is 2.87. The van der Waals surface area contributed by atoms with Crippen molar-refractivity contribution in [2.45, 2.75) is 32.6 Å². The van der Waals surface area contributed by atoms with Gasteiger partial charge in [-0.15, -0.1) is 0 Å². The first-order chi connectivity index (χ1) is 5.86. The predicted molar refractivity (Wildman–Crippen MR) is 51.0 cm³/mol. The summed E-state index contributed by atoms with van der Waals surface area (Å²) in [6, 6.07) is 0. The van der Waals surface area contributed by atoms with Crippen LogP contribution in [0, 0.1) is 11.8 Å². The molecule has 0 aliphatic heterocycles. The summed E-state index contributed by atoms with van der Waals surface area (Å²) in [7, 11) is 0. The van der Waals surface area contributed by atoms with E-state index in [1.54, 1.807) is 0 Å². The van der Waals surface area contributed by atoms with E-state index in [1.807, 2.05) is 0 Å². The second-order valence-corrected chi connectivity index (χ2v) is 3.87. The van der Waals surface area contributed by atoms with E-state index in [0.717, 1.165) is 25.7 Å². The summed E-state index contributed by atoms with van der Waals surface area (Å²) in [5.41, 5.74) is 5.61. The minimum atomic E-state index is 0.591. The summed E-state index contributed by atoms with van der Waals surface area (Å²) < 4.78 is 5.58. The van der Waals surface area contributed by atoms with Crippen molar-refractivity contribution >= 4 is 0 Å². The van der Waals surface area contributed by atoms with Gasteiger partial charge in [0.25, 0.3) is 0 Å². The van der Waals surface area contributed by atoms with Gasteiger partial charge in [0.15, 0.2) is 0 Å². The van der Waals surface area contributed by atoms with Crippen LogP contribution in [-0.4, -0.2) is 19.8 Å². The molecule has 0 spiro atoms. The zero-order valence-electron chi connectivity index (χ0n) is 8.09. The van der Waals surface area contributed by atoms with Gasteiger partial charge in [-0.05, 0) is 37.6 Å². The maximum Gasteiger partial charge on any atom is 0.0506 e. The molecule has 1 aliphatic carbocycles. The SMILES string of the molecule is CCCC(CN)COCC1CC1. The van der Waals surface area contributed by atoms with Gasteiger partial charge in [0.05, 0.1) is 6.61 Å². The number of ether oxygens (including phenoxy) is 1. The Hall–Kier alpha value is -0.0800. The average molecular weight is 171 g/mol. The molecule has 1 atom stereocenters. The first-order valence-corrected chi connectivity index (χ1v) is 5.14.